The zero-order chi connectivity index (χ0) is 15.7. The van der Waals surface area contributed by atoms with Gasteiger partial charge in [0.15, 0.2) is 5.76 Å². The highest BCUT2D eigenvalue weighted by atomic mass is 16.3. The Bertz CT molecular complexity index is 666. The molecule has 0 saturated carbocycles. The highest BCUT2D eigenvalue weighted by Crippen LogP contribution is 2.22. The molecule has 0 spiro atoms. The summed E-state index contributed by atoms with van der Waals surface area (Å²) in [6, 6.07) is 9.63. The lowest BCUT2D eigenvalue weighted by molar-refractivity contribution is -0.130. The van der Waals surface area contributed by atoms with E-state index in [4.69, 9.17) is 4.42 Å². The van der Waals surface area contributed by atoms with Gasteiger partial charge >= 0.3 is 0 Å². The summed E-state index contributed by atoms with van der Waals surface area (Å²) >= 11 is 0. The average Bonchev–Trinajstić information content (AvgIpc) is 2.97. The van der Waals surface area contributed by atoms with Gasteiger partial charge in [-0.2, -0.15) is 0 Å². The van der Waals surface area contributed by atoms with Crippen molar-refractivity contribution in [1.82, 2.24) is 9.80 Å². The van der Waals surface area contributed by atoms with Crippen LogP contribution in [0.3, 0.4) is 0 Å². The summed E-state index contributed by atoms with van der Waals surface area (Å²) in [6.07, 6.45) is 1.62. The fourth-order valence-electron chi connectivity index (χ4n) is 2.96. The fourth-order valence-corrected chi connectivity index (χ4v) is 2.96. The molecule has 1 aromatic carbocycles. The van der Waals surface area contributed by atoms with Crippen LogP contribution in [0.1, 0.15) is 30.3 Å². The number of carbonyl (C=O) groups is 2. The molecule has 2 heterocycles. The van der Waals surface area contributed by atoms with Crippen LogP contribution in [-0.2, 0) is 4.79 Å². The Hall–Kier alpha value is -2.30. The second-order valence-corrected chi connectivity index (χ2v) is 5.80. The van der Waals surface area contributed by atoms with Crippen molar-refractivity contribution in [2.24, 2.45) is 0 Å². The number of rotatable bonds is 2. The van der Waals surface area contributed by atoms with Gasteiger partial charge in [-0.1, -0.05) is 18.2 Å². The zero-order valence-electron chi connectivity index (χ0n) is 12.9. The number of amides is 2. The lowest BCUT2D eigenvalue weighted by atomic mass is 10.0. The number of hydrogen-bond donors (Lipinski definition) is 0. The van der Waals surface area contributed by atoms with Crippen LogP contribution in [0.5, 0.6) is 0 Å². The third kappa shape index (κ3) is 2.71. The molecule has 1 aromatic heterocycles. The second-order valence-electron chi connectivity index (χ2n) is 5.80. The van der Waals surface area contributed by atoms with E-state index in [1.54, 1.807) is 17.9 Å². The lowest BCUT2D eigenvalue weighted by Gasteiger charge is -2.36. The van der Waals surface area contributed by atoms with Crippen molar-refractivity contribution >= 4 is 22.8 Å². The largest absolute Gasteiger partial charge is 0.451 e. The maximum absolute atomic E-state index is 12.5. The first-order valence-electron chi connectivity index (χ1n) is 7.57. The summed E-state index contributed by atoms with van der Waals surface area (Å²) in [5.74, 6) is 0.391. The molecule has 1 saturated heterocycles. The highest BCUT2D eigenvalue weighted by Gasteiger charge is 2.28. The van der Waals surface area contributed by atoms with E-state index in [1.807, 2.05) is 36.2 Å². The van der Waals surface area contributed by atoms with Gasteiger partial charge < -0.3 is 14.2 Å². The van der Waals surface area contributed by atoms with Crippen molar-refractivity contribution in [2.75, 3.05) is 20.1 Å². The van der Waals surface area contributed by atoms with E-state index in [2.05, 4.69) is 0 Å². The predicted octanol–water partition coefficient (Wildman–Crippen LogP) is 2.52. The second kappa shape index (κ2) is 5.83. The van der Waals surface area contributed by atoms with Gasteiger partial charge in [0.2, 0.25) is 5.91 Å². The number of likely N-dealkylation sites (tertiary alicyclic amines) is 1. The van der Waals surface area contributed by atoms with Crippen LogP contribution in [0.2, 0.25) is 0 Å². The SMILES string of the molecule is CC(=O)N(C)C1CCN(C(=O)c2cc3ccccc3o2)CC1. The van der Waals surface area contributed by atoms with Crippen molar-refractivity contribution in [2.45, 2.75) is 25.8 Å². The average molecular weight is 300 g/mol. The molecule has 116 valence electrons. The Balaban J connectivity index is 1.68. The van der Waals surface area contributed by atoms with Gasteiger partial charge in [-0.05, 0) is 25.0 Å². The maximum atomic E-state index is 12.5. The number of carbonyl (C=O) groups excluding carboxylic acids is 2. The molecule has 1 fully saturated rings. The number of benzene rings is 1. The summed E-state index contributed by atoms with van der Waals surface area (Å²) in [5, 5.41) is 0.942. The summed E-state index contributed by atoms with van der Waals surface area (Å²) < 4.78 is 5.64. The van der Waals surface area contributed by atoms with Crippen molar-refractivity contribution in [3.8, 4) is 0 Å². The van der Waals surface area contributed by atoms with E-state index in [1.165, 1.54) is 0 Å². The minimum absolute atomic E-state index is 0.0693. The molecule has 0 radical (unpaired) electrons. The first-order chi connectivity index (χ1) is 10.6. The quantitative estimate of drug-likeness (QED) is 0.856. The topological polar surface area (TPSA) is 53.8 Å². The maximum Gasteiger partial charge on any atom is 0.289 e. The minimum Gasteiger partial charge on any atom is -0.451 e. The number of para-hydroxylation sites is 1. The molecule has 5 heteroatoms. The van der Waals surface area contributed by atoms with E-state index in [0.717, 1.165) is 23.8 Å². The van der Waals surface area contributed by atoms with Gasteiger partial charge in [0, 0.05) is 38.5 Å². The molecule has 2 amide bonds. The predicted molar refractivity (Wildman–Crippen MR) is 83.6 cm³/mol. The van der Waals surface area contributed by atoms with Crippen LogP contribution in [0.4, 0.5) is 0 Å². The minimum atomic E-state index is -0.0693. The normalized spacial score (nSPS) is 16.0. The van der Waals surface area contributed by atoms with E-state index in [9.17, 15) is 9.59 Å². The third-order valence-electron chi connectivity index (χ3n) is 4.43. The van der Waals surface area contributed by atoms with Gasteiger partial charge in [0.1, 0.15) is 5.58 Å². The standard InChI is InChI=1S/C17H20N2O3/c1-12(20)18(2)14-7-9-19(10-8-14)17(21)16-11-13-5-3-4-6-15(13)22-16/h3-6,11,14H,7-10H2,1-2H3. The molecule has 0 N–H and O–H groups in total. The molecule has 1 aliphatic rings. The van der Waals surface area contributed by atoms with E-state index < -0.39 is 0 Å². The Morgan fingerprint density at radius 3 is 2.55 bits per heavy atom. The number of nitrogens with zero attached hydrogens (tertiary/aromatic N) is 2. The van der Waals surface area contributed by atoms with E-state index in [-0.39, 0.29) is 17.9 Å². The molecule has 0 atom stereocenters. The van der Waals surface area contributed by atoms with Crippen molar-refractivity contribution in [3.63, 3.8) is 0 Å². The summed E-state index contributed by atoms with van der Waals surface area (Å²) in [7, 11) is 1.82. The number of furan rings is 1. The molecular weight excluding hydrogens is 280 g/mol. The van der Waals surface area contributed by atoms with Crippen LogP contribution in [0.25, 0.3) is 11.0 Å². The van der Waals surface area contributed by atoms with Crippen LogP contribution in [0, 0.1) is 0 Å². The van der Waals surface area contributed by atoms with Gasteiger partial charge in [-0.15, -0.1) is 0 Å². The Labute approximate surface area is 129 Å². The summed E-state index contributed by atoms with van der Waals surface area (Å²) in [5.41, 5.74) is 0.733. The third-order valence-corrected chi connectivity index (χ3v) is 4.43. The molecule has 22 heavy (non-hydrogen) atoms. The highest BCUT2D eigenvalue weighted by molar-refractivity contribution is 5.96. The van der Waals surface area contributed by atoms with Crippen molar-refractivity contribution in [1.29, 1.82) is 0 Å². The van der Waals surface area contributed by atoms with Crippen LogP contribution in [-0.4, -0.2) is 47.8 Å². The first kappa shape index (κ1) is 14.6. The molecule has 2 aromatic rings. The molecule has 0 bridgehead atoms. The Morgan fingerprint density at radius 2 is 1.91 bits per heavy atom. The summed E-state index contributed by atoms with van der Waals surface area (Å²) in [6.45, 7) is 2.88. The van der Waals surface area contributed by atoms with E-state index in [0.29, 0.717) is 18.8 Å². The fraction of sp³-hybridized carbons (Fsp3) is 0.412. The van der Waals surface area contributed by atoms with Gasteiger partial charge in [0.25, 0.3) is 5.91 Å². The molecule has 0 aliphatic carbocycles. The van der Waals surface area contributed by atoms with Crippen molar-refractivity contribution in [3.05, 3.63) is 36.1 Å². The monoisotopic (exact) mass is 300 g/mol. The van der Waals surface area contributed by atoms with Crippen LogP contribution in [0.15, 0.2) is 34.7 Å². The Morgan fingerprint density at radius 1 is 1.23 bits per heavy atom. The van der Waals surface area contributed by atoms with Gasteiger partial charge in [0.05, 0.1) is 0 Å². The van der Waals surface area contributed by atoms with Crippen LogP contribution >= 0.6 is 0 Å². The van der Waals surface area contributed by atoms with E-state index >= 15 is 0 Å². The zero-order valence-corrected chi connectivity index (χ0v) is 12.9. The van der Waals surface area contributed by atoms with Gasteiger partial charge in [-0.25, -0.2) is 0 Å². The Kier molecular flexibility index (Phi) is 3.88. The number of fused-ring (bicyclic) bond motifs is 1. The lowest BCUT2D eigenvalue weighted by Crippen LogP contribution is -2.46. The molecular formula is C17H20N2O3. The summed E-state index contributed by atoms with van der Waals surface area (Å²) in [4.78, 5) is 27.5. The van der Waals surface area contributed by atoms with Gasteiger partial charge in [-0.3, -0.25) is 9.59 Å². The molecule has 3 rings (SSSR count). The first-order valence-corrected chi connectivity index (χ1v) is 7.57. The molecule has 0 unspecified atom stereocenters. The number of piperidine rings is 1. The van der Waals surface area contributed by atoms with Crippen LogP contribution < -0.4 is 0 Å². The molecule has 1 aliphatic heterocycles. The number of hydrogen-bond acceptors (Lipinski definition) is 3. The molecule has 5 nitrogen and oxygen atoms in total. The van der Waals surface area contributed by atoms with Crippen molar-refractivity contribution < 1.29 is 14.0 Å². The smallest absolute Gasteiger partial charge is 0.289 e.